The monoisotopic (exact) mass is 299 g/mol. The molecule has 0 saturated carbocycles. The van der Waals surface area contributed by atoms with Crippen LogP contribution in [0.1, 0.15) is 20.8 Å². The molecule has 0 atom stereocenters. The van der Waals surface area contributed by atoms with Crippen LogP contribution in [-0.4, -0.2) is 16.1 Å². The third kappa shape index (κ3) is 2.73. The fourth-order valence-corrected chi connectivity index (χ4v) is 3.13. The molecule has 3 rings (SSSR count). The van der Waals surface area contributed by atoms with Gasteiger partial charge >= 0.3 is 5.97 Å². The first-order valence-corrected chi connectivity index (χ1v) is 7.21. The molecule has 0 amide bonds. The van der Waals surface area contributed by atoms with Gasteiger partial charge in [0.05, 0.1) is 10.9 Å². The lowest BCUT2D eigenvalue weighted by Crippen LogP contribution is -1.90. The predicted molar refractivity (Wildman–Crippen MR) is 82.6 cm³/mol. The minimum atomic E-state index is -0.937. The second-order valence-corrected chi connectivity index (χ2v) is 5.97. The number of rotatable bonds is 3. The Bertz CT molecular complexity index is 818. The van der Waals surface area contributed by atoms with Gasteiger partial charge in [-0.05, 0) is 43.2 Å². The van der Waals surface area contributed by atoms with Crippen molar-refractivity contribution >= 4 is 27.4 Å². The summed E-state index contributed by atoms with van der Waals surface area (Å²) >= 11 is 1.19. The number of ether oxygens (including phenoxy) is 1. The van der Waals surface area contributed by atoms with Crippen molar-refractivity contribution in [3.63, 3.8) is 0 Å². The van der Waals surface area contributed by atoms with Crippen LogP contribution in [0.4, 0.5) is 0 Å². The highest BCUT2D eigenvalue weighted by molar-refractivity contribution is 7.20. The number of pyridine rings is 1. The Balaban J connectivity index is 2.05. The Morgan fingerprint density at radius 1 is 1.14 bits per heavy atom. The lowest BCUT2D eigenvalue weighted by atomic mass is 10.1. The van der Waals surface area contributed by atoms with Crippen LogP contribution in [-0.2, 0) is 0 Å². The molecule has 1 aromatic carbocycles. The quantitative estimate of drug-likeness (QED) is 0.778. The van der Waals surface area contributed by atoms with Gasteiger partial charge in [0.2, 0.25) is 0 Å². The summed E-state index contributed by atoms with van der Waals surface area (Å²) in [5.41, 5.74) is 2.23. The highest BCUT2D eigenvalue weighted by Gasteiger charge is 2.13. The van der Waals surface area contributed by atoms with E-state index in [2.05, 4.69) is 11.1 Å². The Morgan fingerprint density at radius 2 is 1.86 bits per heavy atom. The Morgan fingerprint density at radius 3 is 2.52 bits per heavy atom. The second kappa shape index (κ2) is 5.18. The van der Waals surface area contributed by atoms with Gasteiger partial charge in [-0.3, -0.25) is 4.98 Å². The van der Waals surface area contributed by atoms with E-state index in [-0.39, 0.29) is 4.88 Å². The lowest BCUT2D eigenvalue weighted by Gasteiger charge is -2.08. The summed E-state index contributed by atoms with van der Waals surface area (Å²) in [6.07, 6.45) is 3.26. The standard InChI is InChI=1S/C16H13NO3S/c1-9-3-10(2)5-11(4-9)20-13-7-17-8-15-12(13)6-14(21-15)16(18)19/h3-8H,1-2H3,(H,18,19). The lowest BCUT2D eigenvalue weighted by molar-refractivity contribution is 0.0702. The molecule has 1 N–H and O–H groups in total. The Kier molecular flexibility index (Phi) is 3.35. The van der Waals surface area contributed by atoms with Gasteiger partial charge in [-0.25, -0.2) is 4.79 Å². The summed E-state index contributed by atoms with van der Waals surface area (Å²) in [5, 5.41) is 9.86. The molecule has 0 radical (unpaired) electrons. The minimum Gasteiger partial charge on any atom is -0.477 e. The van der Waals surface area contributed by atoms with Gasteiger partial charge in [0.15, 0.2) is 5.75 Å². The largest absolute Gasteiger partial charge is 0.477 e. The second-order valence-electron chi connectivity index (χ2n) is 4.89. The van der Waals surface area contributed by atoms with E-state index in [1.165, 1.54) is 11.3 Å². The molecule has 0 fully saturated rings. The molecule has 21 heavy (non-hydrogen) atoms. The van der Waals surface area contributed by atoms with Crippen molar-refractivity contribution in [2.75, 3.05) is 0 Å². The molecule has 2 heterocycles. The van der Waals surface area contributed by atoms with Gasteiger partial charge in [-0.2, -0.15) is 0 Å². The average Bonchev–Trinajstić information content (AvgIpc) is 2.82. The highest BCUT2D eigenvalue weighted by atomic mass is 32.1. The van der Waals surface area contributed by atoms with E-state index in [4.69, 9.17) is 9.84 Å². The van der Waals surface area contributed by atoms with E-state index < -0.39 is 5.97 Å². The zero-order chi connectivity index (χ0) is 15.0. The van der Waals surface area contributed by atoms with Crippen molar-refractivity contribution in [1.82, 2.24) is 4.98 Å². The van der Waals surface area contributed by atoms with Crippen molar-refractivity contribution in [2.24, 2.45) is 0 Å². The molecule has 0 saturated heterocycles. The molecule has 2 aromatic heterocycles. The van der Waals surface area contributed by atoms with Gasteiger partial charge in [0.1, 0.15) is 10.6 Å². The first-order chi connectivity index (χ1) is 10.0. The molecular formula is C16H13NO3S. The minimum absolute atomic E-state index is 0.281. The molecular weight excluding hydrogens is 286 g/mol. The fourth-order valence-electron chi connectivity index (χ4n) is 2.24. The summed E-state index contributed by atoms with van der Waals surface area (Å²) in [7, 11) is 0. The zero-order valence-electron chi connectivity index (χ0n) is 11.6. The first kappa shape index (κ1) is 13.6. The van der Waals surface area contributed by atoms with Crippen molar-refractivity contribution in [2.45, 2.75) is 13.8 Å². The van der Waals surface area contributed by atoms with Crippen LogP contribution in [0.25, 0.3) is 10.1 Å². The van der Waals surface area contributed by atoms with Gasteiger partial charge < -0.3 is 9.84 Å². The third-order valence-electron chi connectivity index (χ3n) is 3.04. The number of carboxylic acid groups (broad SMARTS) is 1. The van der Waals surface area contributed by atoms with E-state index in [1.807, 2.05) is 26.0 Å². The Labute approximate surface area is 125 Å². The van der Waals surface area contributed by atoms with Gasteiger partial charge in [0.25, 0.3) is 0 Å². The molecule has 0 spiro atoms. The summed E-state index contributed by atoms with van der Waals surface area (Å²) in [6, 6.07) is 7.58. The van der Waals surface area contributed by atoms with E-state index in [1.54, 1.807) is 18.5 Å². The van der Waals surface area contributed by atoms with Crippen molar-refractivity contribution in [1.29, 1.82) is 0 Å². The maximum Gasteiger partial charge on any atom is 0.345 e. The average molecular weight is 299 g/mol. The van der Waals surface area contributed by atoms with Crippen LogP contribution in [0.2, 0.25) is 0 Å². The smallest absolute Gasteiger partial charge is 0.345 e. The van der Waals surface area contributed by atoms with Crippen LogP contribution in [0, 0.1) is 13.8 Å². The number of aromatic nitrogens is 1. The van der Waals surface area contributed by atoms with E-state index in [0.717, 1.165) is 27.0 Å². The van der Waals surface area contributed by atoms with Gasteiger partial charge in [0, 0.05) is 11.6 Å². The number of carboxylic acids is 1. The number of fused-ring (bicyclic) bond motifs is 1. The van der Waals surface area contributed by atoms with Crippen molar-refractivity contribution in [3.05, 3.63) is 52.7 Å². The third-order valence-corrected chi connectivity index (χ3v) is 4.10. The van der Waals surface area contributed by atoms with E-state index in [0.29, 0.717) is 5.75 Å². The summed E-state index contributed by atoms with van der Waals surface area (Å²) in [5.74, 6) is 0.361. The number of hydrogen-bond donors (Lipinski definition) is 1. The topological polar surface area (TPSA) is 59.4 Å². The molecule has 0 aliphatic carbocycles. The number of aromatic carboxylic acids is 1. The summed E-state index contributed by atoms with van der Waals surface area (Å²) < 4.78 is 6.70. The maximum atomic E-state index is 11.1. The maximum absolute atomic E-state index is 11.1. The molecule has 4 nitrogen and oxygen atoms in total. The van der Waals surface area contributed by atoms with Crippen LogP contribution < -0.4 is 4.74 Å². The van der Waals surface area contributed by atoms with Crippen LogP contribution in [0.15, 0.2) is 36.7 Å². The van der Waals surface area contributed by atoms with E-state index >= 15 is 0 Å². The number of aryl methyl sites for hydroxylation is 2. The summed E-state index contributed by atoms with van der Waals surface area (Å²) in [6.45, 7) is 4.01. The number of nitrogens with zero attached hydrogens (tertiary/aromatic N) is 1. The molecule has 0 aliphatic heterocycles. The number of hydrogen-bond acceptors (Lipinski definition) is 4. The molecule has 0 aliphatic rings. The molecule has 5 heteroatoms. The van der Waals surface area contributed by atoms with Crippen LogP contribution >= 0.6 is 11.3 Å². The Hall–Kier alpha value is -2.40. The highest BCUT2D eigenvalue weighted by Crippen LogP contribution is 2.34. The molecule has 0 unspecified atom stereocenters. The number of thiophene rings is 1. The molecule has 106 valence electrons. The van der Waals surface area contributed by atoms with Gasteiger partial charge in [-0.1, -0.05) is 6.07 Å². The predicted octanol–water partition coefficient (Wildman–Crippen LogP) is 4.40. The van der Waals surface area contributed by atoms with Gasteiger partial charge in [-0.15, -0.1) is 11.3 Å². The van der Waals surface area contributed by atoms with Crippen LogP contribution in [0.5, 0.6) is 11.5 Å². The van der Waals surface area contributed by atoms with Crippen molar-refractivity contribution in [3.8, 4) is 11.5 Å². The zero-order valence-corrected chi connectivity index (χ0v) is 12.4. The molecule has 0 bridgehead atoms. The molecule has 3 aromatic rings. The van der Waals surface area contributed by atoms with E-state index in [9.17, 15) is 4.79 Å². The van der Waals surface area contributed by atoms with Crippen LogP contribution in [0.3, 0.4) is 0 Å². The number of benzene rings is 1. The summed E-state index contributed by atoms with van der Waals surface area (Å²) in [4.78, 5) is 15.5. The first-order valence-electron chi connectivity index (χ1n) is 6.40. The fraction of sp³-hybridized carbons (Fsp3) is 0.125. The normalized spacial score (nSPS) is 10.8. The number of carbonyl (C=O) groups is 1. The SMILES string of the molecule is Cc1cc(C)cc(Oc2cncc3sc(C(=O)O)cc23)c1. The van der Waals surface area contributed by atoms with Crippen molar-refractivity contribution < 1.29 is 14.6 Å².